The lowest BCUT2D eigenvalue weighted by atomic mass is 9.96. The van der Waals surface area contributed by atoms with Crippen molar-refractivity contribution in [2.75, 3.05) is 13.2 Å². The third-order valence-corrected chi connectivity index (χ3v) is 8.61. The molecule has 2 saturated carbocycles. The summed E-state index contributed by atoms with van der Waals surface area (Å²) in [6.07, 6.45) is 3.90. The summed E-state index contributed by atoms with van der Waals surface area (Å²) in [6, 6.07) is 16.1. The largest absolute Gasteiger partial charge is 0.479 e. The van der Waals surface area contributed by atoms with Crippen LogP contribution in [0, 0.1) is 11.8 Å². The van der Waals surface area contributed by atoms with E-state index >= 15 is 0 Å². The van der Waals surface area contributed by atoms with E-state index in [1.54, 1.807) is 4.90 Å². The summed E-state index contributed by atoms with van der Waals surface area (Å²) in [6.45, 7) is 0.705. The highest BCUT2D eigenvalue weighted by molar-refractivity contribution is 5.92. The van der Waals surface area contributed by atoms with Crippen LogP contribution in [0.25, 0.3) is 11.1 Å². The Hall–Kier alpha value is -3.35. The normalized spacial score (nSPS) is 28.6. The second-order valence-electron chi connectivity index (χ2n) is 10.4. The minimum absolute atomic E-state index is 0.0234. The Morgan fingerprint density at radius 2 is 1.66 bits per heavy atom. The fraction of sp³-hybridized carbons (Fsp3) is 0.464. The Balaban J connectivity index is 1.12. The average molecular weight is 475 g/mol. The first-order chi connectivity index (χ1) is 17.0. The minimum atomic E-state index is -1.02. The van der Waals surface area contributed by atoms with Crippen molar-refractivity contribution in [1.29, 1.82) is 0 Å². The van der Waals surface area contributed by atoms with Crippen LogP contribution in [0.5, 0.6) is 0 Å². The monoisotopic (exact) mass is 474 g/mol. The number of likely N-dealkylation sites (tertiary alicyclic amines) is 1. The summed E-state index contributed by atoms with van der Waals surface area (Å²) in [5, 5.41) is 12.8. The quantitative estimate of drug-likeness (QED) is 0.679. The van der Waals surface area contributed by atoms with E-state index in [1.165, 1.54) is 11.1 Å². The van der Waals surface area contributed by atoms with Crippen molar-refractivity contribution in [1.82, 2.24) is 10.2 Å². The van der Waals surface area contributed by atoms with Crippen LogP contribution in [0.3, 0.4) is 0 Å². The molecule has 1 aliphatic heterocycles. The van der Waals surface area contributed by atoms with Crippen LogP contribution in [-0.4, -0.2) is 52.7 Å². The summed E-state index contributed by atoms with van der Waals surface area (Å²) < 4.78 is 5.69. The van der Waals surface area contributed by atoms with Crippen molar-refractivity contribution >= 4 is 18.0 Å². The Morgan fingerprint density at radius 1 is 0.971 bits per heavy atom. The van der Waals surface area contributed by atoms with Gasteiger partial charge >= 0.3 is 12.1 Å². The molecular formula is C28H30N2O5. The summed E-state index contributed by atoms with van der Waals surface area (Å²) in [5.41, 5.74) is 3.63. The Kier molecular flexibility index (Phi) is 5.31. The van der Waals surface area contributed by atoms with Crippen molar-refractivity contribution in [2.45, 2.75) is 56.0 Å². The molecule has 2 amide bonds. The van der Waals surface area contributed by atoms with Crippen LogP contribution in [0.1, 0.15) is 55.6 Å². The van der Waals surface area contributed by atoms with Crippen molar-refractivity contribution in [3.8, 4) is 11.1 Å². The smallest absolute Gasteiger partial charge is 0.407 e. The van der Waals surface area contributed by atoms with Crippen LogP contribution in [-0.2, 0) is 14.3 Å². The highest BCUT2D eigenvalue weighted by atomic mass is 16.5. The number of benzene rings is 2. The molecule has 3 fully saturated rings. The fourth-order valence-corrected chi connectivity index (χ4v) is 6.79. The number of carboxylic acid groups (broad SMARTS) is 1. The number of rotatable bonds is 5. The maximum absolute atomic E-state index is 13.5. The van der Waals surface area contributed by atoms with Crippen LogP contribution in [0.15, 0.2) is 48.5 Å². The summed E-state index contributed by atoms with van der Waals surface area (Å²) >= 11 is 0. The Morgan fingerprint density at radius 3 is 2.34 bits per heavy atom. The van der Waals surface area contributed by atoms with Crippen molar-refractivity contribution < 1.29 is 24.2 Å². The fourth-order valence-electron chi connectivity index (χ4n) is 6.79. The molecule has 3 aliphatic carbocycles. The number of alkyl carbamates (subject to hydrolysis) is 1. The molecule has 7 heteroatoms. The van der Waals surface area contributed by atoms with E-state index in [1.807, 2.05) is 24.3 Å². The number of carbonyl (C=O) groups is 3. The molecule has 1 saturated heterocycles. The molecule has 0 unspecified atom stereocenters. The second kappa shape index (κ2) is 8.40. The van der Waals surface area contributed by atoms with Gasteiger partial charge in [0.1, 0.15) is 12.1 Å². The SMILES string of the molecule is O=C(N[C@H]1CCC[C@H]1C(=O)N1CCC[C@@H]2C[C@@]21C(=O)O)OCC1c2ccccc2-c2ccccc21. The molecule has 35 heavy (non-hydrogen) atoms. The molecule has 0 radical (unpaired) electrons. The predicted molar refractivity (Wildman–Crippen MR) is 129 cm³/mol. The van der Waals surface area contributed by atoms with Gasteiger partial charge in [-0.05, 0) is 60.3 Å². The number of nitrogens with zero attached hydrogens (tertiary/aromatic N) is 1. The first-order valence-corrected chi connectivity index (χ1v) is 12.7. The molecule has 0 bridgehead atoms. The standard InChI is InChI=1S/C28H30N2O5/c31-25(30-14-6-7-17-15-28(17,30)26(32)33)22-12-5-13-24(22)29-27(34)35-16-23-20-10-3-1-8-18(20)19-9-2-4-11-21(19)23/h1-4,8-11,17,22-24H,5-7,12-16H2,(H,29,34)(H,32,33)/t17-,22-,24+,28+/m1/s1. The van der Waals surface area contributed by atoms with Gasteiger partial charge in [0, 0.05) is 18.5 Å². The number of fused-ring (bicyclic) bond motifs is 4. The van der Waals surface area contributed by atoms with E-state index in [-0.39, 0.29) is 30.4 Å². The van der Waals surface area contributed by atoms with Gasteiger partial charge in [-0.2, -0.15) is 0 Å². The third kappa shape index (κ3) is 3.51. The van der Waals surface area contributed by atoms with Gasteiger partial charge in [-0.25, -0.2) is 9.59 Å². The van der Waals surface area contributed by atoms with Crippen molar-refractivity contribution in [3.05, 3.63) is 59.7 Å². The summed E-state index contributed by atoms with van der Waals surface area (Å²) in [4.78, 5) is 39.9. The van der Waals surface area contributed by atoms with E-state index < -0.39 is 23.5 Å². The van der Waals surface area contributed by atoms with E-state index in [0.29, 0.717) is 25.8 Å². The topological polar surface area (TPSA) is 95.9 Å². The molecular weight excluding hydrogens is 444 g/mol. The number of carbonyl (C=O) groups excluding carboxylic acids is 2. The maximum atomic E-state index is 13.5. The lowest BCUT2D eigenvalue weighted by Crippen LogP contribution is -2.55. The first kappa shape index (κ1) is 22.1. The van der Waals surface area contributed by atoms with Gasteiger partial charge in [0.25, 0.3) is 0 Å². The summed E-state index contributed by atoms with van der Waals surface area (Å²) in [7, 11) is 0. The van der Waals surface area contributed by atoms with Gasteiger partial charge in [0.05, 0.1) is 5.92 Å². The molecule has 0 spiro atoms. The zero-order valence-electron chi connectivity index (χ0n) is 19.6. The zero-order valence-corrected chi connectivity index (χ0v) is 19.6. The van der Waals surface area contributed by atoms with E-state index in [0.717, 1.165) is 30.4 Å². The van der Waals surface area contributed by atoms with E-state index in [4.69, 9.17) is 4.74 Å². The van der Waals surface area contributed by atoms with Crippen molar-refractivity contribution in [3.63, 3.8) is 0 Å². The molecule has 2 aromatic rings. The molecule has 0 aromatic heterocycles. The van der Waals surface area contributed by atoms with E-state index in [9.17, 15) is 19.5 Å². The molecule has 4 aliphatic rings. The zero-order chi connectivity index (χ0) is 24.2. The molecule has 2 aromatic carbocycles. The maximum Gasteiger partial charge on any atom is 0.407 e. The number of nitrogens with one attached hydrogen (secondary N) is 1. The molecule has 182 valence electrons. The Labute approximate surface area is 204 Å². The van der Waals surface area contributed by atoms with Crippen LogP contribution < -0.4 is 5.32 Å². The summed E-state index contributed by atoms with van der Waals surface area (Å²) in [5.74, 6) is -1.38. The molecule has 4 atom stereocenters. The number of ether oxygens (including phenoxy) is 1. The molecule has 2 N–H and O–H groups in total. The van der Waals surface area contributed by atoms with Gasteiger partial charge in [-0.1, -0.05) is 55.0 Å². The lowest BCUT2D eigenvalue weighted by Gasteiger charge is -2.36. The van der Waals surface area contributed by atoms with Gasteiger partial charge in [-0.3, -0.25) is 4.79 Å². The number of piperidine rings is 1. The number of aliphatic carboxylic acids is 1. The van der Waals surface area contributed by atoms with Gasteiger partial charge in [0.2, 0.25) is 5.91 Å². The molecule has 6 rings (SSSR count). The first-order valence-electron chi connectivity index (χ1n) is 12.7. The highest BCUT2D eigenvalue weighted by Crippen LogP contribution is 2.55. The lowest BCUT2D eigenvalue weighted by molar-refractivity contribution is -0.156. The van der Waals surface area contributed by atoms with Crippen LogP contribution in [0.2, 0.25) is 0 Å². The van der Waals surface area contributed by atoms with Gasteiger partial charge in [-0.15, -0.1) is 0 Å². The number of carboxylic acids is 1. The number of hydrogen-bond acceptors (Lipinski definition) is 4. The predicted octanol–water partition coefficient (Wildman–Crippen LogP) is 4.16. The molecule has 7 nitrogen and oxygen atoms in total. The van der Waals surface area contributed by atoms with Gasteiger partial charge in [0.15, 0.2) is 0 Å². The Bertz CT molecular complexity index is 1150. The van der Waals surface area contributed by atoms with E-state index in [2.05, 4.69) is 29.6 Å². The number of hydrogen-bond donors (Lipinski definition) is 2. The second-order valence-corrected chi connectivity index (χ2v) is 10.4. The minimum Gasteiger partial charge on any atom is -0.479 e. The highest BCUT2D eigenvalue weighted by Gasteiger charge is 2.67. The number of amides is 2. The third-order valence-electron chi connectivity index (χ3n) is 8.61. The molecule has 1 heterocycles. The van der Waals surface area contributed by atoms with Crippen LogP contribution in [0.4, 0.5) is 4.79 Å². The van der Waals surface area contributed by atoms with Crippen molar-refractivity contribution in [2.24, 2.45) is 11.8 Å². The van der Waals surface area contributed by atoms with Gasteiger partial charge < -0.3 is 20.1 Å². The average Bonchev–Trinajstić information content (AvgIpc) is 3.34. The van der Waals surface area contributed by atoms with Crippen LogP contribution >= 0.6 is 0 Å².